The normalized spacial score (nSPS) is 15.2. The zero-order valence-corrected chi connectivity index (χ0v) is 21.9. The number of nitrogens with zero attached hydrogens (tertiary/aromatic N) is 1. The second-order valence-corrected chi connectivity index (χ2v) is 9.07. The van der Waals surface area contributed by atoms with Crippen LogP contribution in [0.5, 0.6) is 17.2 Å². The molecule has 8 heteroatoms. The lowest BCUT2D eigenvalue weighted by atomic mass is 9.96. The van der Waals surface area contributed by atoms with Crippen molar-refractivity contribution in [3.05, 3.63) is 77.0 Å². The van der Waals surface area contributed by atoms with Crippen molar-refractivity contribution in [2.45, 2.75) is 25.6 Å². The highest BCUT2D eigenvalue weighted by Gasteiger charge is 2.32. The third-order valence-corrected chi connectivity index (χ3v) is 6.90. The number of allylic oxidation sites excluding steroid dienone is 1. The van der Waals surface area contributed by atoms with Crippen LogP contribution in [0.2, 0.25) is 0 Å². The van der Waals surface area contributed by atoms with Gasteiger partial charge in [-0.25, -0.2) is 9.79 Å². The molecule has 0 bridgehead atoms. The lowest BCUT2D eigenvalue weighted by Gasteiger charge is -2.26. The van der Waals surface area contributed by atoms with Crippen LogP contribution in [0.25, 0.3) is 10.8 Å². The Morgan fingerprint density at radius 1 is 1.00 bits per heavy atom. The number of methoxy groups -OCH3 is 3. The van der Waals surface area contributed by atoms with E-state index >= 15 is 0 Å². The van der Waals surface area contributed by atoms with E-state index in [1.54, 1.807) is 40.0 Å². The van der Waals surface area contributed by atoms with Gasteiger partial charge in [-0.2, -0.15) is 0 Å². The molecular formula is C28H30N2O5S. The first-order chi connectivity index (χ1) is 17.5. The summed E-state index contributed by atoms with van der Waals surface area (Å²) < 4.78 is 21.9. The average Bonchev–Trinajstić information content (AvgIpc) is 2.90. The van der Waals surface area contributed by atoms with Crippen molar-refractivity contribution in [1.29, 1.82) is 0 Å². The SMILES string of the molecule is CCOC(=O)C1=C(C)NC(SCc2cccc3ccccc23)=N[C@@H]1c1cc(OC)c(OC)c(OC)c1. The van der Waals surface area contributed by atoms with Gasteiger partial charge in [0.15, 0.2) is 16.7 Å². The smallest absolute Gasteiger partial charge is 0.338 e. The van der Waals surface area contributed by atoms with Crippen molar-refractivity contribution >= 4 is 33.7 Å². The number of aliphatic imine (C=N–C) groups is 1. The van der Waals surface area contributed by atoms with Crippen LogP contribution < -0.4 is 19.5 Å². The highest BCUT2D eigenvalue weighted by atomic mass is 32.2. The van der Waals surface area contributed by atoms with Crippen LogP contribution in [-0.2, 0) is 15.3 Å². The van der Waals surface area contributed by atoms with Crippen molar-refractivity contribution in [1.82, 2.24) is 5.32 Å². The maximum atomic E-state index is 13.0. The molecule has 188 valence electrons. The standard InChI is InChI=1S/C28H30N2O5S/c1-6-35-27(31)24-17(2)29-28(36-16-19-12-9-11-18-10-7-8-13-21(18)19)30-25(24)20-14-22(32-3)26(34-5)23(15-20)33-4/h7-15,25H,6,16H2,1-5H3,(H,29,30)/t25-/m1/s1. The summed E-state index contributed by atoms with van der Waals surface area (Å²) in [7, 11) is 4.68. The Morgan fingerprint density at radius 2 is 1.69 bits per heavy atom. The van der Waals surface area contributed by atoms with Crippen LogP contribution in [-0.4, -0.2) is 39.1 Å². The number of hydrogen-bond donors (Lipinski definition) is 1. The van der Waals surface area contributed by atoms with Gasteiger partial charge in [-0.3, -0.25) is 0 Å². The molecule has 0 aliphatic carbocycles. The van der Waals surface area contributed by atoms with Gasteiger partial charge in [-0.05, 0) is 47.9 Å². The zero-order chi connectivity index (χ0) is 25.7. The maximum absolute atomic E-state index is 13.0. The monoisotopic (exact) mass is 506 g/mol. The summed E-state index contributed by atoms with van der Waals surface area (Å²) in [6, 6.07) is 17.7. The number of carbonyl (C=O) groups is 1. The Morgan fingerprint density at radius 3 is 2.36 bits per heavy atom. The topological polar surface area (TPSA) is 78.4 Å². The predicted octanol–water partition coefficient (Wildman–Crippen LogP) is 5.64. The summed E-state index contributed by atoms with van der Waals surface area (Å²) in [6.07, 6.45) is 0. The van der Waals surface area contributed by atoms with Crippen molar-refractivity contribution in [2.75, 3.05) is 27.9 Å². The van der Waals surface area contributed by atoms with Crippen LogP contribution in [0.1, 0.15) is 31.0 Å². The van der Waals surface area contributed by atoms with Crippen LogP contribution in [0.4, 0.5) is 0 Å². The molecule has 3 aromatic carbocycles. The van der Waals surface area contributed by atoms with Crippen molar-refractivity contribution in [3.8, 4) is 17.2 Å². The molecule has 7 nitrogen and oxygen atoms in total. The molecule has 1 aliphatic heterocycles. The number of benzene rings is 3. The molecule has 0 saturated heterocycles. The molecule has 4 rings (SSSR count). The van der Waals surface area contributed by atoms with Crippen LogP contribution in [0, 0.1) is 0 Å². The fourth-order valence-electron chi connectivity index (χ4n) is 4.26. The number of fused-ring (bicyclic) bond motifs is 1. The molecule has 1 N–H and O–H groups in total. The molecule has 36 heavy (non-hydrogen) atoms. The number of nitrogens with one attached hydrogen (secondary N) is 1. The summed E-state index contributed by atoms with van der Waals surface area (Å²) in [6.45, 7) is 3.92. The summed E-state index contributed by atoms with van der Waals surface area (Å²) in [4.78, 5) is 17.9. The third-order valence-electron chi connectivity index (χ3n) is 5.96. The van der Waals surface area contributed by atoms with Gasteiger partial charge in [-0.1, -0.05) is 54.2 Å². The number of amidine groups is 1. The van der Waals surface area contributed by atoms with E-state index < -0.39 is 12.0 Å². The van der Waals surface area contributed by atoms with Gasteiger partial charge in [0.05, 0.1) is 33.5 Å². The number of rotatable bonds is 8. The zero-order valence-electron chi connectivity index (χ0n) is 21.1. The Hall–Kier alpha value is -3.65. The van der Waals surface area contributed by atoms with Crippen molar-refractivity contribution in [2.24, 2.45) is 4.99 Å². The van der Waals surface area contributed by atoms with E-state index in [0.717, 1.165) is 11.3 Å². The van der Waals surface area contributed by atoms with E-state index in [0.29, 0.717) is 33.7 Å². The average molecular weight is 507 g/mol. The molecule has 0 radical (unpaired) electrons. The molecule has 0 amide bonds. The minimum atomic E-state index is -0.603. The molecular weight excluding hydrogens is 476 g/mol. The van der Waals surface area contributed by atoms with E-state index in [9.17, 15) is 4.79 Å². The number of esters is 1. The van der Waals surface area contributed by atoms with E-state index in [2.05, 4.69) is 35.6 Å². The minimum absolute atomic E-state index is 0.268. The molecule has 0 spiro atoms. The van der Waals surface area contributed by atoms with Crippen LogP contribution >= 0.6 is 11.8 Å². The first kappa shape index (κ1) is 25.4. The second-order valence-electron chi connectivity index (χ2n) is 8.11. The van der Waals surface area contributed by atoms with Gasteiger partial charge in [0.25, 0.3) is 0 Å². The number of hydrogen-bond acceptors (Lipinski definition) is 8. The van der Waals surface area contributed by atoms with Crippen LogP contribution in [0.3, 0.4) is 0 Å². The summed E-state index contributed by atoms with van der Waals surface area (Å²) in [5.41, 5.74) is 3.09. The fourth-order valence-corrected chi connectivity index (χ4v) is 5.21. The molecule has 0 aromatic heterocycles. The van der Waals surface area contributed by atoms with Gasteiger partial charge in [0.2, 0.25) is 5.75 Å². The first-order valence-electron chi connectivity index (χ1n) is 11.6. The van der Waals surface area contributed by atoms with Crippen LogP contribution in [0.15, 0.2) is 70.9 Å². The molecule has 0 unspecified atom stereocenters. The fraction of sp³-hybridized carbons (Fsp3) is 0.286. The Bertz CT molecular complexity index is 1300. The third kappa shape index (κ3) is 5.14. The Balaban J connectivity index is 1.72. The molecule has 1 atom stereocenters. The van der Waals surface area contributed by atoms with E-state index in [-0.39, 0.29) is 6.61 Å². The predicted molar refractivity (Wildman–Crippen MR) is 144 cm³/mol. The molecule has 0 saturated carbocycles. The summed E-state index contributed by atoms with van der Waals surface area (Å²) in [5.74, 6) is 1.77. The van der Waals surface area contributed by atoms with Gasteiger partial charge < -0.3 is 24.3 Å². The largest absolute Gasteiger partial charge is 0.493 e. The number of ether oxygens (including phenoxy) is 4. The highest BCUT2D eigenvalue weighted by molar-refractivity contribution is 8.13. The quantitative estimate of drug-likeness (QED) is 0.396. The van der Waals surface area contributed by atoms with Gasteiger partial charge in [0, 0.05) is 11.4 Å². The van der Waals surface area contributed by atoms with Gasteiger partial charge in [-0.15, -0.1) is 0 Å². The molecule has 1 aliphatic rings. The van der Waals surface area contributed by atoms with Gasteiger partial charge in [0.1, 0.15) is 6.04 Å². The second kappa shape index (κ2) is 11.4. The maximum Gasteiger partial charge on any atom is 0.338 e. The summed E-state index contributed by atoms with van der Waals surface area (Å²) >= 11 is 1.59. The van der Waals surface area contributed by atoms with Crippen molar-refractivity contribution < 1.29 is 23.7 Å². The number of carbonyl (C=O) groups excluding carboxylic acids is 1. The van der Waals surface area contributed by atoms with E-state index in [4.69, 9.17) is 23.9 Å². The highest BCUT2D eigenvalue weighted by Crippen LogP contribution is 2.43. The molecule has 3 aromatic rings. The van der Waals surface area contributed by atoms with E-state index in [1.807, 2.05) is 31.2 Å². The van der Waals surface area contributed by atoms with Crippen molar-refractivity contribution in [3.63, 3.8) is 0 Å². The summed E-state index contributed by atoms with van der Waals surface area (Å²) in [5, 5.41) is 6.43. The lowest BCUT2D eigenvalue weighted by Crippen LogP contribution is -2.30. The Kier molecular flexibility index (Phi) is 8.05. The molecule has 1 heterocycles. The van der Waals surface area contributed by atoms with Gasteiger partial charge >= 0.3 is 5.97 Å². The first-order valence-corrected chi connectivity index (χ1v) is 12.6. The Labute approximate surface area is 215 Å². The lowest BCUT2D eigenvalue weighted by molar-refractivity contribution is -0.138. The minimum Gasteiger partial charge on any atom is -0.493 e. The molecule has 0 fully saturated rings. The number of thioether (sulfide) groups is 1. The van der Waals surface area contributed by atoms with E-state index in [1.165, 1.54) is 16.3 Å².